The smallest absolute Gasteiger partial charge is 0.331 e. The van der Waals surface area contributed by atoms with Gasteiger partial charge in [-0.2, -0.15) is 0 Å². The van der Waals surface area contributed by atoms with Gasteiger partial charge in [0.2, 0.25) is 5.78 Å². The van der Waals surface area contributed by atoms with E-state index in [1.165, 1.54) is 12.1 Å². The van der Waals surface area contributed by atoms with Crippen LogP contribution in [0.2, 0.25) is 0 Å². The lowest BCUT2D eigenvalue weighted by Crippen LogP contribution is -2.13. The fourth-order valence-corrected chi connectivity index (χ4v) is 2.66. The second kappa shape index (κ2) is 7.13. The summed E-state index contributed by atoms with van der Waals surface area (Å²) in [5, 5.41) is 0.794. The van der Waals surface area contributed by atoms with Crippen molar-refractivity contribution >= 4 is 28.7 Å². The number of hydrogen-bond donors (Lipinski definition) is 1. The molecule has 0 atom stereocenters. The van der Waals surface area contributed by atoms with Crippen molar-refractivity contribution in [2.24, 2.45) is 0 Å². The van der Waals surface area contributed by atoms with Crippen LogP contribution in [0.5, 0.6) is 0 Å². The molecule has 0 aliphatic rings. The third-order valence-corrected chi connectivity index (χ3v) is 3.82. The van der Waals surface area contributed by atoms with Gasteiger partial charge in [-0.3, -0.25) is 4.79 Å². The summed E-state index contributed by atoms with van der Waals surface area (Å²) in [5.74, 6) is -1.42. The summed E-state index contributed by atoms with van der Waals surface area (Å²) in [5.41, 5.74) is 2.37. The molecule has 0 fully saturated rings. The van der Waals surface area contributed by atoms with Crippen LogP contribution in [0.25, 0.3) is 17.0 Å². The second-order valence-electron chi connectivity index (χ2n) is 5.56. The van der Waals surface area contributed by atoms with Crippen molar-refractivity contribution in [1.82, 2.24) is 4.98 Å². The van der Waals surface area contributed by atoms with E-state index in [9.17, 15) is 14.0 Å². The third-order valence-electron chi connectivity index (χ3n) is 3.82. The first-order valence-electron chi connectivity index (χ1n) is 7.76. The summed E-state index contributed by atoms with van der Waals surface area (Å²) >= 11 is 0. The number of aryl methyl sites for hydroxylation is 1. The molecule has 0 unspecified atom stereocenters. The molecular formula is C20H16FNO3. The number of H-pyrrole nitrogens is 1. The Morgan fingerprint density at radius 1 is 1.12 bits per heavy atom. The Labute approximate surface area is 143 Å². The van der Waals surface area contributed by atoms with Gasteiger partial charge in [-0.1, -0.05) is 36.4 Å². The molecule has 0 amide bonds. The molecule has 2 aromatic carbocycles. The normalized spacial score (nSPS) is 11.1. The molecule has 0 aliphatic carbocycles. The molecule has 1 N–H and O–H groups in total. The van der Waals surface area contributed by atoms with E-state index >= 15 is 0 Å². The van der Waals surface area contributed by atoms with Gasteiger partial charge in [0.05, 0.1) is 0 Å². The van der Waals surface area contributed by atoms with Gasteiger partial charge in [-0.25, -0.2) is 9.18 Å². The fourth-order valence-electron chi connectivity index (χ4n) is 2.66. The third kappa shape index (κ3) is 3.66. The summed E-state index contributed by atoms with van der Waals surface area (Å²) in [4.78, 5) is 27.3. The number of rotatable bonds is 5. The molecule has 0 radical (unpaired) electrons. The minimum absolute atomic E-state index is 0.276. The van der Waals surface area contributed by atoms with E-state index in [0.717, 1.165) is 22.7 Å². The molecule has 0 saturated carbocycles. The number of ketones is 1. The van der Waals surface area contributed by atoms with E-state index in [1.54, 1.807) is 25.1 Å². The van der Waals surface area contributed by atoms with Crippen molar-refractivity contribution in [3.8, 4) is 0 Å². The summed E-state index contributed by atoms with van der Waals surface area (Å²) in [7, 11) is 0. The van der Waals surface area contributed by atoms with Crippen LogP contribution in [0, 0.1) is 12.7 Å². The van der Waals surface area contributed by atoms with Crippen molar-refractivity contribution in [1.29, 1.82) is 0 Å². The number of halogens is 1. The second-order valence-corrected chi connectivity index (χ2v) is 5.56. The number of aromatic nitrogens is 1. The first-order valence-corrected chi connectivity index (χ1v) is 7.76. The first kappa shape index (κ1) is 16.6. The Kier molecular flexibility index (Phi) is 4.75. The highest BCUT2D eigenvalue weighted by atomic mass is 19.1. The Morgan fingerprint density at radius 3 is 2.64 bits per heavy atom. The van der Waals surface area contributed by atoms with Crippen LogP contribution in [0.3, 0.4) is 0 Å². The number of nitrogens with one attached hydrogen (secondary N) is 1. The molecule has 0 bridgehead atoms. The summed E-state index contributed by atoms with van der Waals surface area (Å²) in [6.07, 6.45) is 2.42. The molecular weight excluding hydrogens is 321 g/mol. The predicted molar refractivity (Wildman–Crippen MR) is 93.8 cm³/mol. The van der Waals surface area contributed by atoms with Gasteiger partial charge in [-0.05, 0) is 25.1 Å². The van der Waals surface area contributed by atoms with E-state index in [-0.39, 0.29) is 18.0 Å². The van der Waals surface area contributed by atoms with Crippen molar-refractivity contribution < 1.29 is 18.7 Å². The maximum Gasteiger partial charge on any atom is 0.331 e. The van der Waals surface area contributed by atoms with Gasteiger partial charge in [0, 0.05) is 33.8 Å². The predicted octanol–water partition coefficient (Wildman–Crippen LogP) is 4.05. The number of hydrogen-bond acceptors (Lipinski definition) is 3. The Hall–Kier alpha value is -3.21. The van der Waals surface area contributed by atoms with Crippen LogP contribution in [-0.4, -0.2) is 23.3 Å². The van der Waals surface area contributed by atoms with Gasteiger partial charge in [-0.15, -0.1) is 0 Å². The monoisotopic (exact) mass is 337 g/mol. The number of fused-ring (bicyclic) bond motifs is 1. The zero-order chi connectivity index (χ0) is 17.8. The van der Waals surface area contributed by atoms with Crippen molar-refractivity contribution in [3.63, 3.8) is 0 Å². The number of benzene rings is 2. The number of carbonyl (C=O) groups is 2. The summed E-state index contributed by atoms with van der Waals surface area (Å²) in [6, 6.07) is 13.5. The minimum atomic E-state index is -0.700. The molecule has 5 heteroatoms. The number of aromatic amines is 1. The lowest BCUT2D eigenvalue weighted by atomic mass is 10.1. The average molecular weight is 337 g/mol. The lowest BCUT2D eigenvalue weighted by Gasteiger charge is -2.02. The number of Topliss-reactive ketones (excluding diaryl/α,β-unsaturated/α-hetero) is 1. The van der Waals surface area contributed by atoms with Crippen LogP contribution in [0.4, 0.5) is 4.39 Å². The molecule has 0 aliphatic heterocycles. The molecule has 1 heterocycles. The highest BCUT2D eigenvalue weighted by Crippen LogP contribution is 2.22. The zero-order valence-electron chi connectivity index (χ0n) is 13.6. The molecule has 3 aromatic rings. The quantitative estimate of drug-likeness (QED) is 0.434. The average Bonchev–Trinajstić information content (AvgIpc) is 2.94. The molecule has 0 spiro atoms. The van der Waals surface area contributed by atoms with Crippen LogP contribution < -0.4 is 0 Å². The van der Waals surface area contributed by atoms with Gasteiger partial charge >= 0.3 is 5.97 Å². The van der Waals surface area contributed by atoms with Crippen LogP contribution in [0.15, 0.2) is 54.6 Å². The van der Waals surface area contributed by atoms with E-state index in [2.05, 4.69) is 4.98 Å². The van der Waals surface area contributed by atoms with Gasteiger partial charge < -0.3 is 9.72 Å². The Morgan fingerprint density at radius 2 is 1.84 bits per heavy atom. The molecule has 0 saturated heterocycles. The fraction of sp³-hybridized carbons (Fsp3) is 0.100. The Balaban J connectivity index is 1.67. The molecule has 126 valence electrons. The van der Waals surface area contributed by atoms with Crippen LogP contribution in [-0.2, 0) is 9.53 Å². The van der Waals surface area contributed by atoms with E-state index in [4.69, 9.17) is 4.74 Å². The number of para-hydroxylation sites is 1. The first-order chi connectivity index (χ1) is 12.1. The summed E-state index contributed by atoms with van der Waals surface area (Å²) < 4.78 is 18.5. The van der Waals surface area contributed by atoms with Gasteiger partial charge in [0.25, 0.3) is 0 Å². The SMILES string of the molecule is Cc1[nH]c2ccccc2c1C(=O)COC(=O)/C=C/c1ccccc1F. The molecule has 4 nitrogen and oxygen atoms in total. The van der Waals surface area contributed by atoms with E-state index in [0.29, 0.717) is 5.56 Å². The standard InChI is InChI=1S/C20H16FNO3/c1-13-20(15-7-3-5-9-17(15)22-13)18(23)12-25-19(24)11-10-14-6-2-4-8-16(14)21/h2-11,22H,12H2,1H3/b11-10+. The van der Waals surface area contributed by atoms with Crippen molar-refractivity contribution in [2.75, 3.05) is 6.61 Å². The topological polar surface area (TPSA) is 59.2 Å². The number of carbonyl (C=O) groups excluding carboxylic acids is 2. The maximum absolute atomic E-state index is 13.5. The number of ether oxygens (including phenoxy) is 1. The summed E-state index contributed by atoms with van der Waals surface area (Å²) in [6.45, 7) is 1.43. The number of esters is 1. The van der Waals surface area contributed by atoms with Gasteiger partial charge in [0.1, 0.15) is 5.82 Å². The van der Waals surface area contributed by atoms with E-state index < -0.39 is 11.8 Å². The highest BCUT2D eigenvalue weighted by molar-refractivity contribution is 6.10. The minimum Gasteiger partial charge on any atom is -0.454 e. The molecule has 3 rings (SSSR count). The van der Waals surface area contributed by atoms with Crippen molar-refractivity contribution in [3.05, 3.63) is 77.2 Å². The zero-order valence-corrected chi connectivity index (χ0v) is 13.6. The van der Waals surface area contributed by atoms with E-state index in [1.807, 2.05) is 24.3 Å². The van der Waals surface area contributed by atoms with Gasteiger partial charge in [0.15, 0.2) is 6.61 Å². The Bertz CT molecular complexity index is 972. The molecule has 25 heavy (non-hydrogen) atoms. The lowest BCUT2D eigenvalue weighted by molar-refractivity contribution is -0.136. The maximum atomic E-state index is 13.5. The highest BCUT2D eigenvalue weighted by Gasteiger charge is 2.16. The van der Waals surface area contributed by atoms with Crippen LogP contribution in [0.1, 0.15) is 21.6 Å². The molecule has 1 aromatic heterocycles. The van der Waals surface area contributed by atoms with Crippen molar-refractivity contribution in [2.45, 2.75) is 6.92 Å². The largest absolute Gasteiger partial charge is 0.454 e. The van der Waals surface area contributed by atoms with Crippen LogP contribution >= 0.6 is 0 Å².